The number of amides is 1. The zero-order valence-corrected chi connectivity index (χ0v) is 12.5. The molecule has 1 aromatic heterocycles. The van der Waals surface area contributed by atoms with E-state index in [0.29, 0.717) is 27.7 Å². The molecule has 6 nitrogen and oxygen atoms in total. The summed E-state index contributed by atoms with van der Waals surface area (Å²) in [7, 11) is 0. The van der Waals surface area contributed by atoms with Crippen LogP contribution in [0.5, 0.6) is 0 Å². The molecule has 2 N–H and O–H groups in total. The Hall–Kier alpha value is -3.41. The normalized spacial score (nSPS) is 12.8. The number of fused-ring (bicyclic) bond motifs is 2. The number of ether oxygens (including phenoxy) is 1. The highest BCUT2D eigenvalue weighted by Crippen LogP contribution is 2.24. The van der Waals surface area contributed by atoms with Crippen LogP contribution in [0.15, 0.2) is 53.3 Å². The molecule has 1 amide bonds. The van der Waals surface area contributed by atoms with E-state index >= 15 is 0 Å². The summed E-state index contributed by atoms with van der Waals surface area (Å²) >= 11 is 0. The maximum atomic E-state index is 12.6. The standard InChI is InChI=1S/C18H12N2O4/c21-16-8-14(13-3-1-2-4-15(13)20-16)17(22)19-11-5-6-12-10(7-11)9-24-18(12)23/h1-8H,9H2,(H,19,22)(H,20,21). The van der Waals surface area contributed by atoms with Crippen molar-refractivity contribution in [3.05, 3.63) is 75.6 Å². The number of aromatic nitrogens is 1. The van der Waals surface area contributed by atoms with Crippen molar-refractivity contribution in [1.82, 2.24) is 4.98 Å². The first kappa shape index (κ1) is 14.2. The van der Waals surface area contributed by atoms with Gasteiger partial charge in [-0.15, -0.1) is 0 Å². The molecule has 0 atom stereocenters. The number of H-pyrrole nitrogens is 1. The third-order valence-electron chi connectivity index (χ3n) is 3.94. The molecule has 0 fully saturated rings. The number of esters is 1. The molecule has 0 aliphatic carbocycles. The summed E-state index contributed by atoms with van der Waals surface area (Å²) in [6.45, 7) is 0.200. The van der Waals surface area contributed by atoms with E-state index in [-0.39, 0.29) is 24.0 Å². The number of hydrogen-bond acceptors (Lipinski definition) is 4. The quantitative estimate of drug-likeness (QED) is 0.710. The van der Waals surface area contributed by atoms with E-state index in [1.807, 2.05) is 0 Å². The van der Waals surface area contributed by atoms with Crippen molar-refractivity contribution < 1.29 is 14.3 Å². The lowest BCUT2D eigenvalue weighted by Gasteiger charge is -2.08. The summed E-state index contributed by atoms with van der Waals surface area (Å²) in [6, 6.07) is 13.3. The molecule has 0 saturated heterocycles. The lowest BCUT2D eigenvalue weighted by atomic mass is 10.1. The molecular weight excluding hydrogens is 308 g/mol. The second kappa shape index (κ2) is 5.34. The third-order valence-corrected chi connectivity index (χ3v) is 3.94. The van der Waals surface area contributed by atoms with Crippen LogP contribution in [0.1, 0.15) is 26.3 Å². The van der Waals surface area contributed by atoms with E-state index < -0.39 is 0 Å². The molecule has 118 valence electrons. The molecule has 0 unspecified atom stereocenters. The summed E-state index contributed by atoms with van der Waals surface area (Å²) in [4.78, 5) is 38.5. The summed E-state index contributed by atoms with van der Waals surface area (Å²) in [5.74, 6) is -0.744. The summed E-state index contributed by atoms with van der Waals surface area (Å²) in [6.07, 6.45) is 0. The lowest BCUT2D eigenvalue weighted by molar-refractivity contribution is 0.0535. The van der Waals surface area contributed by atoms with Crippen molar-refractivity contribution in [2.24, 2.45) is 0 Å². The van der Waals surface area contributed by atoms with Gasteiger partial charge in [0.05, 0.1) is 11.1 Å². The van der Waals surface area contributed by atoms with Crippen molar-refractivity contribution in [2.75, 3.05) is 5.32 Å². The van der Waals surface area contributed by atoms with Gasteiger partial charge in [0, 0.05) is 28.2 Å². The van der Waals surface area contributed by atoms with E-state index in [9.17, 15) is 14.4 Å². The fourth-order valence-electron chi connectivity index (χ4n) is 2.80. The van der Waals surface area contributed by atoms with E-state index in [1.165, 1.54) is 6.07 Å². The van der Waals surface area contributed by atoms with Gasteiger partial charge in [-0.2, -0.15) is 0 Å². The number of carbonyl (C=O) groups excluding carboxylic acids is 2. The van der Waals surface area contributed by atoms with Crippen molar-refractivity contribution in [1.29, 1.82) is 0 Å². The van der Waals surface area contributed by atoms with Gasteiger partial charge in [0.2, 0.25) is 5.56 Å². The highest BCUT2D eigenvalue weighted by Gasteiger charge is 2.21. The Balaban J connectivity index is 1.70. The molecule has 0 saturated carbocycles. The van der Waals surface area contributed by atoms with Crippen molar-refractivity contribution in [3.8, 4) is 0 Å². The zero-order chi connectivity index (χ0) is 16.7. The average Bonchev–Trinajstić information content (AvgIpc) is 2.94. The zero-order valence-electron chi connectivity index (χ0n) is 12.5. The van der Waals surface area contributed by atoms with E-state index in [2.05, 4.69) is 10.3 Å². The van der Waals surface area contributed by atoms with Crippen molar-refractivity contribution in [2.45, 2.75) is 6.61 Å². The molecule has 6 heteroatoms. The fraction of sp³-hybridized carbons (Fsp3) is 0.0556. The van der Waals surface area contributed by atoms with Crippen LogP contribution in [-0.4, -0.2) is 16.9 Å². The van der Waals surface area contributed by atoms with Crippen LogP contribution in [-0.2, 0) is 11.3 Å². The van der Waals surface area contributed by atoms with Gasteiger partial charge in [0.1, 0.15) is 6.61 Å². The Kier molecular flexibility index (Phi) is 3.16. The minimum Gasteiger partial charge on any atom is -0.457 e. The number of anilines is 1. The molecule has 3 aromatic rings. The fourth-order valence-corrected chi connectivity index (χ4v) is 2.80. The number of cyclic esters (lactones) is 1. The number of pyridine rings is 1. The molecular formula is C18H12N2O4. The van der Waals surface area contributed by atoms with Gasteiger partial charge in [0.25, 0.3) is 5.91 Å². The molecule has 2 heterocycles. The van der Waals surface area contributed by atoms with E-state index in [1.54, 1.807) is 42.5 Å². The number of hydrogen-bond donors (Lipinski definition) is 2. The van der Waals surface area contributed by atoms with Crippen LogP contribution in [0, 0.1) is 0 Å². The first-order chi connectivity index (χ1) is 11.6. The topological polar surface area (TPSA) is 88.3 Å². The Labute approximate surface area is 136 Å². The average molecular weight is 320 g/mol. The van der Waals surface area contributed by atoms with Gasteiger partial charge in [-0.05, 0) is 24.3 Å². The van der Waals surface area contributed by atoms with Gasteiger partial charge in [-0.1, -0.05) is 18.2 Å². The Morgan fingerprint density at radius 1 is 1.08 bits per heavy atom. The summed E-state index contributed by atoms with van der Waals surface area (Å²) in [5, 5.41) is 3.42. The van der Waals surface area contributed by atoms with Gasteiger partial charge in [-0.25, -0.2) is 4.79 Å². The maximum Gasteiger partial charge on any atom is 0.338 e. The molecule has 0 spiro atoms. The maximum absolute atomic E-state index is 12.6. The van der Waals surface area contributed by atoms with Crippen LogP contribution < -0.4 is 10.9 Å². The van der Waals surface area contributed by atoms with Crippen molar-refractivity contribution >= 4 is 28.5 Å². The highest BCUT2D eigenvalue weighted by atomic mass is 16.5. The van der Waals surface area contributed by atoms with Crippen LogP contribution in [0.4, 0.5) is 5.69 Å². The number of rotatable bonds is 2. The molecule has 24 heavy (non-hydrogen) atoms. The van der Waals surface area contributed by atoms with E-state index in [4.69, 9.17) is 4.74 Å². The molecule has 1 aliphatic rings. The lowest BCUT2D eigenvalue weighted by Crippen LogP contribution is -2.17. The van der Waals surface area contributed by atoms with Crippen LogP contribution in [0.2, 0.25) is 0 Å². The summed E-state index contributed by atoms with van der Waals surface area (Å²) < 4.78 is 4.94. The van der Waals surface area contributed by atoms with Crippen LogP contribution in [0.25, 0.3) is 10.9 Å². The summed E-state index contributed by atoms with van der Waals surface area (Å²) in [5.41, 5.74) is 2.33. The van der Waals surface area contributed by atoms with Crippen LogP contribution >= 0.6 is 0 Å². The number of para-hydroxylation sites is 1. The molecule has 2 aromatic carbocycles. The third kappa shape index (κ3) is 2.34. The molecule has 1 aliphatic heterocycles. The minimum absolute atomic E-state index is 0.200. The molecule has 0 radical (unpaired) electrons. The van der Waals surface area contributed by atoms with E-state index in [0.717, 1.165) is 5.56 Å². The van der Waals surface area contributed by atoms with Gasteiger partial charge < -0.3 is 15.0 Å². The number of aromatic amines is 1. The Bertz CT molecular complexity index is 1050. The van der Waals surface area contributed by atoms with Gasteiger partial charge in [0.15, 0.2) is 0 Å². The number of carbonyl (C=O) groups is 2. The molecule has 4 rings (SSSR count). The first-order valence-electron chi connectivity index (χ1n) is 7.35. The Morgan fingerprint density at radius 2 is 1.92 bits per heavy atom. The predicted octanol–water partition coefficient (Wildman–Crippen LogP) is 2.45. The van der Waals surface area contributed by atoms with Crippen molar-refractivity contribution in [3.63, 3.8) is 0 Å². The second-order valence-corrected chi connectivity index (χ2v) is 5.50. The monoisotopic (exact) mass is 320 g/mol. The smallest absolute Gasteiger partial charge is 0.338 e. The van der Waals surface area contributed by atoms with Gasteiger partial charge >= 0.3 is 5.97 Å². The largest absolute Gasteiger partial charge is 0.457 e. The highest BCUT2D eigenvalue weighted by molar-refractivity contribution is 6.12. The second-order valence-electron chi connectivity index (χ2n) is 5.50. The SMILES string of the molecule is O=C1OCc2cc(NC(=O)c3cc(=O)[nH]c4ccccc34)ccc21. The van der Waals surface area contributed by atoms with Gasteiger partial charge in [-0.3, -0.25) is 9.59 Å². The number of benzene rings is 2. The minimum atomic E-state index is -0.387. The van der Waals surface area contributed by atoms with Crippen LogP contribution in [0.3, 0.4) is 0 Å². The number of nitrogens with one attached hydrogen (secondary N) is 2. The Morgan fingerprint density at radius 3 is 2.79 bits per heavy atom. The first-order valence-corrected chi connectivity index (χ1v) is 7.35. The molecule has 0 bridgehead atoms. The predicted molar refractivity (Wildman–Crippen MR) is 88.1 cm³/mol.